The number of primary amides is 1. The molecule has 2 aromatic carbocycles. The fourth-order valence-corrected chi connectivity index (χ4v) is 3.89. The van der Waals surface area contributed by atoms with E-state index in [4.69, 9.17) is 9.84 Å². The fourth-order valence-electron chi connectivity index (χ4n) is 2.89. The predicted molar refractivity (Wildman–Crippen MR) is 116 cm³/mol. The van der Waals surface area contributed by atoms with Crippen LogP contribution in [0.15, 0.2) is 48.5 Å². The number of carbonyl (C=O) groups excluding carboxylic acids is 1. The molecule has 0 aliphatic heterocycles. The van der Waals surface area contributed by atoms with Gasteiger partial charge >= 0.3 is 18.1 Å². The van der Waals surface area contributed by atoms with Gasteiger partial charge in [0.1, 0.15) is 17.3 Å². The molecule has 174 valence electrons. The molecule has 6 nitrogen and oxygen atoms in total. The first-order valence-corrected chi connectivity index (χ1v) is 10.7. The number of aliphatic carboxylic acids is 1. The van der Waals surface area contributed by atoms with Crippen LogP contribution in [0.5, 0.6) is 5.75 Å². The maximum atomic E-state index is 12.8. The number of thiazole rings is 1. The normalized spacial score (nSPS) is 11.9. The molecule has 0 unspecified atom stereocenters. The van der Waals surface area contributed by atoms with Crippen LogP contribution in [0, 0.1) is 6.92 Å². The van der Waals surface area contributed by atoms with E-state index in [1.165, 1.54) is 31.3 Å². The third-order valence-corrected chi connectivity index (χ3v) is 6.04. The third-order valence-electron chi connectivity index (χ3n) is 4.81. The standard InChI is InChI=1S/C23H21F3N2O4S/c1-13-18(33-20(28-13)15-6-8-16(9-7-15)23(24,25)26)19(29)27-12-14-4-10-17(11-5-14)32-22(2,3)21(30)31/h4-11H,12H2,1-3H3,(H,27,29)(H,30,31)/p+1. The number of benzene rings is 2. The second-order valence-corrected chi connectivity index (χ2v) is 8.84. The average molecular weight is 480 g/mol. The summed E-state index contributed by atoms with van der Waals surface area (Å²) >= 11 is 1.13. The smallest absolute Gasteiger partial charge is 0.416 e. The number of hydrogen-bond acceptors (Lipinski definition) is 5. The highest BCUT2D eigenvalue weighted by Gasteiger charge is 2.30. The van der Waals surface area contributed by atoms with E-state index < -0.39 is 23.3 Å². The predicted octanol–water partition coefficient (Wildman–Crippen LogP) is 4.28. The number of halogens is 3. The lowest BCUT2D eigenvalue weighted by Crippen LogP contribution is -2.86. The van der Waals surface area contributed by atoms with Crippen molar-refractivity contribution >= 4 is 23.2 Å². The SMILES string of the molecule is Cc1nc(-c2ccc(C(F)(F)F)cc2)sc1C(=O)[NH2+]Cc1ccc(OC(C)(C)C(=O)O)cc1. The molecule has 0 bridgehead atoms. The van der Waals surface area contributed by atoms with Gasteiger partial charge in [0.05, 0.1) is 11.3 Å². The van der Waals surface area contributed by atoms with Crippen LogP contribution in [-0.4, -0.2) is 27.6 Å². The number of aryl methyl sites for hydroxylation is 1. The van der Waals surface area contributed by atoms with Crippen LogP contribution in [0.2, 0.25) is 0 Å². The second-order valence-electron chi connectivity index (χ2n) is 7.84. The second kappa shape index (κ2) is 9.32. The van der Waals surface area contributed by atoms with E-state index in [1.54, 1.807) is 31.2 Å². The van der Waals surface area contributed by atoms with Gasteiger partial charge in [0.15, 0.2) is 10.5 Å². The van der Waals surface area contributed by atoms with E-state index in [-0.39, 0.29) is 5.91 Å². The number of carbonyl (C=O) groups is 2. The van der Waals surface area contributed by atoms with Crippen LogP contribution in [0.4, 0.5) is 13.2 Å². The van der Waals surface area contributed by atoms with Crippen molar-refractivity contribution in [1.29, 1.82) is 0 Å². The Balaban J connectivity index is 1.64. The molecule has 0 atom stereocenters. The highest BCUT2D eigenvalue weighted by atomic mass is 32.1. The molecule has 0 saturated carbocycles. The molecule has 0 radical (unpaired) electrons. The van der Waals surface area contributed by atoms with E-state index in [1.807, 2.05) is 0 Å². The Morgan fingerprint density at radius 2 is 1.67 bits per heavy atom. The van der Waals surface area contributed by atoms with Crippen molar-refractivity contribution in [2.75, 3.05) is 0 Å². The minimum absolute atomic E-state index is 0.226. The fraction of sp³-hybridized carbons (Fsp3) is 0.261. The molecule has 0 aliphatic rings. The quantitative estimate of drug-likeness (QED) is 0.528. The van der Waals surface area contributed by atoms with Crippen molar-refractivity contribution in [3.63, 3.8) is 0 Å². The number of nitrogens with two attached hydrogens (primary N) is 1. The van der Waals surface area contributed by atoms with Crippen molar-refractivity contribution < 1.29 is 37.9 Å². The molecular formula is C23H22F3N2O4S+. The van der Waals surface area contributed by atoms with Crippen LogP contribution in [-0.2, 0) is 17.5 Å². The van der Waals surface area contributed by atoms with Gasteiger partial charge in [-0.15, -0.1) is 11.3 Å². The number of rotatable bonds is 7. The molecular weight excluding hydrogens is 457 g/mol. The molecule has 1 amide bonds. The third kappa shape index (κ3) is 5.96. The summed E-state index contributed by atoms with van der Waals surface area (Å²) in [6.07, 6.45) is -4.41. The van der Waals surface area contributed by atoms with Gasteiger partial charge in [0, 0.05) is 11.1 Å². The van der Waals surface area contributed by atoms with E-state index in [0.29, 0.717) is 33.4 Å². The monoisotopic (exact) mass is 479 g/mol. The van der Waals surface area contributed by atoms with Gasteiger partial charge in [-0.2, -0.15) is 13.2 Å². The van der Waals surface area contributed by atoms with Gasteiger partial charge in [0.25, 0.3) is 0 Å². The van der Waals surface area contributed by atoms with E-state index >= 15 is 0 Å². The Hall–Kier alpha value is -3.24. The van der Waals surface area contributed by atoms with E-state index in [9.17, 15) is 22.8 Å². The Morgan fingerprint density at radius 3 is 2.21 bits per heavy atom. The van der Waals surface area contributed by atoms with Crippen LogP contribution in [0.3, 0.4) is 0 Å². The van der Waals surface area contributed by atoms with Crippen molar-refractivity contribution in [3.8, 4) is 16.3 Å². The van der Waals surface area contributed by atoms with Crippen LogP contribution in [0.1, 0.15) is 40.3 Å². The molecule has 0 spiro atoms. The summed E-state index contributed by atoms with van der Waals surface area (Å²) in [6, 6.07) is 11.4. The molecule has 1 heterocycles. The van der Waals surface area contributed by atoms with Crippen molar-refractivity contribution in [2.45, 2.75) is 39.1 Å². The van der Waals surface area contributed by atoms with Gasteiger partial charge in [-0.1, -0.05) is 12.1 Å². The zero-order chi connectivity index (χ0) is 24.4. The van der Waals surface area contributed by atoms with Gasteiger partial charge in [-0.3, -0.25) is 5.32 Å². The Morgan fingerprint density at radius 1 is 1.06 bits per heavy atom. The number of nitrogens with zero attached hydrogens (tertiary/aromatic N) is 1. The summed E-state index contributed by atoms with van der Waals surface area (Å²) in [5.41, 5.74) is -0.259. The zero-order valence-corrected chi connectivity index (χ0v) is 18.9. The number of hydrogen-bond donors (Lipinski definition) is 2. The summed E-state index contributed by atoms with van der Waals surface area (Å²) in [5.74, 6) is -0.909. The highest BCUT2D eigenvalue weighted by Crippen LogP contribution is 2.32. The first-order valence-electron chi connectivity index (χ1n) is 9.91. The number of alkyl halides is 3. The van der Waals surface area contributed by atoms with Gasteiger partial charge < -0.3 is 9.84 Å². The molecule has 0 saturated heterocycles. The molecule has 3 N–H and O–H groups in total. The minimum Gasteiger partial charge on any atom is -0.478 e. The lowest BCUT2D eigenvalue weighted by Gasteiger charge is -2.21. The summed E-state index contributed by atoms with van der Waals surface area (Å²) in [7, 11) is 0. The largest absolute Gasteiger partial charge is 0.478 e. The summed E-state index contributed by atoms with van der Waals surface area (Å²) in [6.45, 7) is 4.92. The van der Waals surface area contributed by atoms with Crippen LogP contribution >= 0.6 is 11.3 Å². The molecule has 1 aromatic heterocycles. The summed E-state index contributed by atoms with van der Waals surface area (Å²) < 4.78 is 43.7. The summed E-state index contributed by atoms with van der Waals surface area (Å²) in [4.78, 5) is 28.6. The molecule has 3 rings (SSSR count). The lowest BCUT2D eigenvalue weighted by atomic mass is 10.1. The van der Waals surface area contributed by atoms with Crippen LogP contribution in [0.25, 0.3) is 10.6 Å². The topological polar surface area (TPSA) is 93.1 Å². The molecule has 10 heteroatoms. The number of quaternary nitrogens is 1. The highest BCUT2D eigenvalue weighted by molar-refractivity contribution is 7.17. The van der Waals surface area contributed by atoms with Gasteiger partial charge in [0.2, 0.25) is 0 Å². The molecule has 3 aromatic rings. The molecule has 33 heavy (non-hydrogen) atoms. The maximum absolute atomic E-state index is 12.8. The van der Waals surface area contributed by atoms with Crippen molar-refractivity contribution in [1.82, 2.24) is 4.98 Å². The maximum Gasteiger partial charge on any atom is 0.416 e. The number of aromatic nitrogens is 1. The van der Waals surface area contributed by atoms with Crippen molar-refractivity contribution in [3.05, 3.63) is 70.2 Å². The number of carboxylic acids is 1. The Kier molecular flexibility index (Phi) is 6.89. The number of carboxylic acid groups (broad SMARTS) is 1. The summed E-state index contributed by atoms with van der Waals surface area (Å²) in [5, 5.41) is 11.1. The molecule has 0 fully saturated rings. The van der Waals surface area contributed by atoms with Crippen LogP contribution < -0.4 is 10.1 Å². The minimum atomic E-state index is -4.41. The number of ether oxygens (including phenoxy) is 1. The molecule has 0 aliphatic carbocycles. The average Bonchev–Trinajstić information content (AvgIpc) is 3.14. The zero-order valence-electron chi connectivity index (χ0n) is 18.1. The van der Waals surface area contributed by atoms with E-state index in [2.05, 4.69) is 4.98 Å². The Labute approximate surface area is 192 Å². The first-order chi connectivity index (χ1) is 15.4. The number of amides is 1. The van der Waals surface area contributed by atoms with Gasteiger partial charge in [-0.25, -0.2) is 14.6 Å². The van der Waals surface area contributed by atoms with E-state index in [0.717, 1.165) is 29.0 Å². The Bertz CT molecular complexity index is 1150. The van der Waals surface area contributed by atoms with Gasteiger partial charge in [-0.05, 0) is 57.2 Å². The lowest BCUT2D eigenvalue weighted by molar-refractivity contribution is -0.571. The first kappa shape index (κ1) is 24.4. The van der Waals surface area contributed by atoms with Crippen molar-refractivity contribution in [2.24, 2.45) is 0 Å².